The van der Waals surface area contributed by atoms with E-state index in [9.17, 15) is 0 Å². The summed E-state index contributed by atoms with van der Waals surface area (Å²) in [6.07, 6.45) is 0. The Kier molecular flexibility index (Phi) is 7.96. The predicted octanol–water partition coefficient (Wildman–Crippen LogP) is 16.9. The van der Waals surface area contributed by atoms with Crippen molar-refractivity contribution < 1.29 is 0 Å². The lowest BCUT2D eigenvalue weighted by Crippen LogP contribution is -1.90. The molecule has 0 amide bonds. The molecule has 0 aliphatic rings. The molecule has 0 atom stereocenters. The van der Waals surface area contributed by atoms with Crippen LogP contribution in [0.5, 0.6) is 0 Å². The van der Waals surface area contributed by atoms with E-state index in [1.807, 2.05) is 0 Å². The highest BCUT2D eigenvalue weighted by Gasteiger charge is 2.16. The third kappa shape index (κ3) is 5.76. The minimum atomic E-state index is 1.21. The van der Waals surface area contributed by atoms with Crippen LogP contribution in [0.15, 0.2) is 231 Å². The van der Waals surface area contributed by atoms with Crippen LogP contribution in [0.2, 0.25) is 0 Å². The van der Waals surface area contributed by atoms with Gasteiger partial charge in [-0.3, -0.25) is 0 Å². The minimum absolute atomic E-state index is 1.21. The third-order valence-electron chi connectivity index (χ3n) is 12.6. The third-order valence-corrected chi connectivity index (χ3v) is 12.6. The van der Waals surface area contributed by atoms with Gasteiger partial charge in [0.05, 0.1) is 0 Å². The van der Waals surface area contributed by atoms with Gasteiger partial charge in [-0.15, -0.1) is 0 Å². The molecule has 0 saturated carbocycles. The van der Waals surface area contributed by atoms with E-state index in [4.69, 9.17) is 0 Å². The van der Waals surface area contributed by atoms with E-state index >= 15 is 0 Å². The summed E-state index contributed by atoms with van der Waals surface area (Å²) in [7, 11) is 0. The maximum atomic E-state index is 2.43. The van der Waals surface area contributed by atoms with Gasteiger partial charge in [0.2, 0.25) is 0 Å². The largest absolute Gasteiger partial charge is 0.0622 e. The summed E-state index contributed by atoms with van der Waals surface area (Å²) in [5, 5.41) is 15.1. The second-order valence-corrected chi connectivity index (χ2v) is 16.1. The summed E-state index contributed by atoms with van der Waals surface area (Å²) < 4.78 is 0. The van der Waals surface area contributed by atoms with Gasteiger partial charge in [0.15, 0.2) is 0 Å². The van der Waals surface area contributed by atoms with Gasteiger partial charge in [-0.1, -0.05) is 188 Å². The fraction of sp³-hybridized carbons (Fsp3) is 0. The summed E-state index contributed by atoms with van der Waals surface area (Å²) >= 11 is 0. The zero-order valence-corrected chi connectivity index (χ0v) is 32.9. The van der Waals surface area contributed by atoms with Crippen LogP contribution in [0.1, 0.15) is 0 Å². The highest BCUT2D eigenvalue weighted by Crippen LogP contribution is 2.43. The molecule has 12 rings (SSSR count). The van der Waals surface area contributed by atoms with Gasteiger partial charge in [-0.25, -0.2) is 0 Å². The molecule has 0 N–H and O–H groups in total. The summed E-state index contributed by atoms with van der Waals surface area (Å²) in [4.78, 5) is 0. The van der Waals surface area contributed by atoms with E-state index < -0.39 is 0 Å². The summed E-state index contributed by atoms with van der Waals surface area (Å²) in [5.74, 6) is 0. The van der Waals surface area contributed by atoms with Gasteiger partial charge in [-0.2, -0.15) is 0 Å². The Morgan fingerprint density at radius 2 is 0.567 bits per heavy atom. The zero-order chi connectivity index (χ0) is 39.6. The molecule has 0 aliphatic heterocycles. The molecule has 0 heteroatoms. The number of rotatable bonds is 5. The Hall–Kier alpha value is -7.80. The Balaban J connectivity index is 1.02. The second kappa shape index (κ2) is 13.9. The molecule has 12 aromatic rings. The van der Waals surface area contributed by atoms with E-state index in [2.05, 4.69) is 231 Å². The topological polar surface area (TPSA) is 0 Å². The molecule has 0 radical (unpaired) electrons. The van der Waals surface area contributed by atoms with Crippen LogP contribution in [0, 0.1) is 0 Å². The molecule has 278 valence electrons. The van der Waals surface area contributed by atoms with Crippen molar-refractivity contribution in [1.82, 2.24) is 0 Å². The van der Waals surface area contributed by atoms with Crippen LogP contribution in [-0.2, 0) is 0 Å². The van der Waals surface area contributed by atoms with Crippen LogP contribution >= 0.6 is 0 Å². The number of hydrogen-bond donors (Lipinski definition) is 0. The van der Waals surface area contributed by atoms with E-state index in [1.54, 1.807) is 0 Å². The monoisotopic (exact) mass is 758 g/mol. The molecule has 0 bridgehead atoms. The fourth-order valence-electron chi connectivity index (χ4n) is 9.58. The van der Waals surface area contributed by atoms with Crippen molar-refractivity contribution in [1.29, 1.82) is 0 Å². The average molecular weight is 759 g/mol. The first kappa shape index (κ1) is 34.3. The molecule has 0 saturated heterocycles. The lowest BCUT2D eigenvalue weighted by atomic mass is 9.87. The van der Waals surface area contributed by atoms with Gasteiger partial charge in [-0.05, 0) is 163 Å². The van der Waals surface area contributed by atoms with Crippen molar-refractivity contribution in [2.24, 2.45) is 0 Å². The smallest absolute Gasteiger partial charge is 0.00928 e. The second-order valence-electron chi connectivity index (χ2n) is 16.1. The fourth-order valence-corrected chi connectivity index (χ4v) is 9.58. The summed E-state index contributed by atoms with van der Waals surface area (Å²) in [6, 6.07) is 85.3. The predicted molar refractivity (Wildman–Crippen MR) is 259 cm³/mol. The van der Waals surface area contributed by atoms with Crippen LogP contribution in [0.25, 0.3) is 120 Å². The Morgan fingerprint density at radius 3 is 1.33 bits per heavy atom. The SMILES string of the molecule is c1ccc(-c2cc3ccccc3cc2-c2ccc3c(c2)c(-c2ccc4ccccc4c2)cc2cc(-c4ccc(-c5cc6ccccc6c6ccccc56)cc4)ccc23)cc1. The highest BCUT2D eigenvalue weighted by molar-refractivity contribution is 6.17. The standard InChI is InChI=1S/C60H38/c1-2-13-41(14-3-1)57-34-44-16-6-7-17-45(44)35-58(57)49-29-31-55-52-30-28-46(33-50(52)38-59(60(55)37-49)48-27-24-39-12-4-5-15-43(39)32-48)40-22-25-42(26-23-40)56-36-47-18-8-9-19-51(47)53-20-10-11-21-54(53)56/h1-38H. The molecule has 12 aromatic carbocycles. The van der Waals surface area contributed by atoms with Gasteiger partial charge >= 0.3 is 0 Å². The molecule has 0 aliphatic carbocycles. The number of hydrogen-bond acceptors (Lipinski definition) is 0. The van der Waals surface area contributed by atoms with Crippen molar-refractivity contribution in [2.45, 2.75) is 0 Å². The number of benzene rings is 12. The first-order valence-corrected chi connectivity index (χ1v) is 20.8. The first-order valence-electron chi connectivity index (χ1n) is 20.8. The summed E-state index contributed by atoms with van der Waals surface area (Å²) in [5.41, 5.74) is 12.3. The maximum absolute atomic E-state index is 2.43. The minimum Gasteiger partial charge on any atom is -0.0622 e. The maximum Gasteiger partial charge on any atom is -0.00928 e. The molecule has 0 aromatic heterocycles. The lowest BCUT2D eigenvalue weighted by Gasteiger charge is -2.17. The van der Waals surface area contributed by atoms with Crippen molar-refractivity contribution in [2.75, 3.05) is 0 Å². The van der Waals surface area contributed by atoms with Gasteiger partial charge in [0.1, 0.15) is 0 Å². The van der Waals surface area contributed by atoms with Gasteiger partial charge < -0.3 is 0 Å². The van der Waals surface area contributed by atoms with Crippen molar-refractivity contribution >= 4 is 64.6 Å². The van der Waals surface area contributed by atoms with Crippen LogP contribution in [-0.4, -0.2) is 0 Å². The van der Waals surface area contributed by atoms with Gasteiger partial charge in [0.25, 0.3) is 0 Å². The van der Waals surface area contributed by atoms with E-state index in [0.29, 0.717) is 0 Å². The number of fused-ring (bicyclic) bond motifs is 8. The molecule has 0 heterocycles. The zero-order valence-electron chi connectivity index (χ0n) is 32.9. The van der Waals surface area contributed by atoms with Gasteiger partial charge in [0, 0.05) is 0 Å². The van der Waals surface area contributed by atoms with Crippen LogP contribution < -0.4 is 0 Å². The van der Waals surface area contributed by atoms with E-state index in [1.165, 1.54) is 120 Å². The Morgan fingerprint density at radius 1 is 0.150 bits per heavy atom. The molecule has 0 spiro atoms. The molecule has 0 fully saturated rings. The Bertz CT molecular complexity index is 3630. The molecule has 0 nitrogen and oxygen atoms in total. The molecule has 0 unspecified atom stereocenters. The summed E-state index contributed by atoms with van der Waals surface area (Å²) in [6.45, 7) is 0. The average Bonchev–Trinajstić information content (AvgIpc) is 3.33. The van der Waals surface area contributed by atoms with E-state index in [-0.39, 0.29) is 0 Å². The van der Waals surface area contributed by atoms with E-state index in [0.717, 1.165) is 0 Å². The highest BCUT2D eigenvalue weighted by atomic mass is 14.2. The Labute approximate surface area is 349 Å². The van der Waals surface area contributed by atoms with Crippen molar-refractivity contribution in [3.05, 3.63) is 231 Å². The van der Waals surface area contributed by atoms with Crippen LogP contribution in [0.4, 0.5) is 0 Å². The van der Waals surface area contributed by atoms with Crippen molar-refractivity contribution in [3.8, 4) is 55.6 Å². The normalized spacial score (nSPS) is 11.7. The van der Waals surface area contributed by atoms with Crippen LogP contribution in [0.3, 0.4) is 0 Å². The van der Waals surface area contributed by atoms with Crippen molar-refractivity contribution in [3.63, 3.8) is 0 Å². The quantitative estimate of drug-likeness (QED) is 0.153. The lowest BCUT2D eigenvalue weighted by molar-refractivity contribution is 1.61. The first-order chi connectivity index (χ1) is 29.7. The molecule has 60 heavy (non-hydrogen) atoms. The molecular weight excluding hydrogens is 721 g/mol. The molecular formula is C60H38.